The molecule has 0 spiro atoms. The van der Waals surface area contributed by atoms with Crippen molar-refractivity contribution < 1.29 is 9.72 Å². The molecule has 0 aliphatic heterocycles. The Labute approximate surface area is 97.1 Å². The highest BCUT2D eigenvalue weighted by Crippen LogP contribution is 2.31. The largest absolute Gasteiger partial charge is 0.276 e. The van der Waals surface area contributed by atoms with E-state index in [1.54, 1.807) is 0 Å². The fraction of sp³-hybridized carbons (Fsp3) is 0. The van der Waals surface area contributed by atoms with Crippen LogP contribution in [0.3, 0.4) is 0 Å². The van der Waals surface area contributed by atoms with Gasteiger partial charge in [-0.1, -0.05) is 11.6 Å². The van der Waals surface area contributed by atoms with Gasteiger partial charge in [0.25, 0.3) is 10.9 Å². The van der Waals surface area contributed by atoms with Crippen molar-refractivity contribution in [1.82, 2.24) is 0 Å². The first-order chi connectivity index (χ1) is 6.43. The Morgan fingerprint density at radius 3 is 2.50 bits per heavy atom. The van der Waals surface area contributed by atoms with Gasteiger partial charge in [0.15, 0.2) is 0 Å². The Hall–Kier alpha value is -0.650. The number of nitrogens with zero attached hydrogens (tertiary/aromatic N) is 1. The first kappa shape index (κ1) is 11.4. The third kappa shape index (κ3) is 2.23. The molecule has 0 N–H and O–H groups in total. The molecule has 0 fully saturated rings. The first-order valence-corrected chi connectivity index (χ1v) is 4.81. The zero-order valence-electron chi connectivity index (χ0n) is 6.46. The molecule has 0 radical (unpaired) electrons. The molecule has 0 aliphatic rings. The Balaban J connectivity index is 3.43. The second-order valence-corrected chi connectivity index (χ2v) is 3.90. The molecule has 1 aromatic rings. The zero-order chi connectivity index (χ0) is 10.9. The van der Waals surface area contributed by atoms with Crippen LogP contribution in [0.4, 0.5) is 5.69 Å². The second-order valence-electron chi connectivity index (χ2n) is 2.32. The number of carbonyl (C=O) groups excluding carboxylic acids is 1. The third-order valence-electron chi connectivity index (χ3n) is 1.44. The van der Waals surface area contributed by atoms with E-state index in [2.05, 4.69) is 15.9 Å². The lowest BCUT2D eigenvalue weighted by Crippen LogP contribution is -1.95. The summed E-state index contributed by atoms with van der Waals surface area (Å²) in [5, 5.41) is 9.66. The van der Waals surface area contributed by atoms with E-state index in [9.17, 15) is 14.9 Å². The second kappa shape index (κ2) is 4.25. The van der Waals surface area contributed by atoms with Crippen molar-refractivity contribution in [3.8, 4) is 0 Å². The molecular weight excluding hydrogens is 297 g/mol. The highest BCUT2D eigenvalue weighted by molar-refractivity contribution is 9.10. The average Bonchev–Trinajstić information content (AvgIpc) is 2.08. The van der Waals surface area contributed by atoms with E-state index < -0.39 is 10.2 Å². The molecule has 0 heterocycles. The number of benzene rings is 1. The molecule has 0 amide bonds. The van der Waals surface area contributed by atoms with E-state index in [1.165, 1.54) is 6.07 Å². The van der Waals surface area contributed by atoms with Crippen molar-refractivity contribution in [3.05, 3.63) is 37.3 Å². The quantitative estimate of drug-likeness (QED) is 0.478. The molecule has 0 bridgehead atoms. The predicted molar refractivity (Wildman–Crippen MR) is 56.0 cm³/mol. The molecule has 0 saturated heterocycles. The third-order valence-corrected chi connectivity index (χ3v) is 2.90. The van der Waals surface area contributed by atoms with Gasteiger partial charge in [0.1, 0.15) is 0 Å². The number of rotatable bonds is 2. The van der Waals surface area contributed by atoms with Crippen LogP contribution in [-0.2, 0) is 0 Å². The topological polar surface area (TPSA) is 60.2 Å². The Morgan fingerprint density at radius 1 is 1.50 bits per heavy atom. The Bertz CT molecular complexity index is 422. The first-order valence-electron chi connectivity index (χ1n) is 3.26. The van der Waals surface area contributed by atoms with E-state index in [4.69, 9.17) is 23.2 Å². The normalized spacial score (nSPS) is 9.93. The van der Waals surface area contributed by atoms with Crippen LogP contribution < -0.4 is 0 Å². The van der Waals surface area contributed by atoms with Gasteiger partial charge in [0.05, 0.1) is 15.5 Å². The Morgan fingerprint density at radius 2 is 2.07 bits per heavy atom. The maximum Gasteiger partial charge on any atom is 0.271 e. The smallest absolute Gasteiger partial charge is 0.271 e. The van der Waals surface area contributed by atoms with Gasteiger partial charge in [0.2, 0.25) is 0 Å². The summed E-state index contributed by atoms with van der Waals surface area (Å²) in [5.41, 5.74) is -0.334. The van der Waals surface area contributed by atoms with Crippen LogP contribution in [0, 0.1) is 10.1 Å². The van der Waals surface area contributed by atoms with Gasteiger partial charge in [-0.15, -0.1) is 0 Å². The lowest BCUT2D eigenvalue weighted by atomic mass is 10.2. The van der Waals surface area contributed by atoms with Crippen LogP contribution in [0.1, 0.15) is 10.4 Å². The summed E-state index contributed by atoms with van der Waals surface area (Å²) in [6.45, 7) is 0. The van der Waals surface area contributed by atoms with Crippen molar-refractivity contribution in [2.75, 3.05) is 0 Å². The standard InChI is InChI=1S/C7H2BrCl2NO3/c8-5-2-3(11(13)14)1-4(6(5)9)7(10)12/h1-2H. The number of nitro groups is 1. The summed E-state index contributed by atoms with van der Waals surface area (Å²) in [6, 6.07) is 2.23. The van der Waals surface area contributed by atoms with Crippen LogP contribution in [0.15, 0.2) is 16.6 Å². The highest BCUT2D eigenvalue weighted by Gasteiger charge is 2.17. The molecule has 1 rings (SSSR count). The van der Waals surface area contributed by atoms with Crippen LogP contribution in [0.25, 0.3) is 0 Å². The number of carbonyl (C=O) groups is 1. The van der Waals surface area contributed by atoms with Gasteiger partial charge in [-0.25, -0.2) is 0 Å². The van der Waals surface area contributed by atoms with Crippen LogP contribution in [-0.4, -0.2) is 10.2 Å². The van der Waals surface area contributed by atoms with E-state index in [0.717, 1.165) is 6.07 Å². The van der Waals surface area contributed by atoms with Gasteiger partial charge in [0, 0.05) is 16.6 Å². The maximum atomic E-state index is 10.8. The van der Waals surface area contributed by atoms with Gasteiger partial charge < -0.3 is 0 Å². The fourth-order valence-corrected chi connectivity index (χ4v) is 1.66. The minimum Gasteiger partial charge on any atom is -0.276 e. The highest BCUT2D eigenvalue weighted by atomic mass is 79.9. The van der Waals surface area contributed by atoms with Crippen molar-refractivity contribution in [2.24, 2.45) is 0 Å². The number of halogens is 3. The monoisotopic (exact) mass is 297 g/mol. The van der Waals surface area contributed by atoms with Crippen molar-refractivity contribution in [2.45, 2.75) is 0 Å². The molecule has 1 aromatic carbocycles. The van der Waals surface area contributed by atoms with E-state index >= 15 is 0 Å². The van der Waals surface area contributed by atoms with Crippen molar-refractivity contribution in [3.63, 3.8) is 0 Å². The van der Waals surface area contributed by atoms with E-state index in [0.29, 0.717) is 0 Å². The summed E-state index contributed by atoms with van der Waals surface area (Å²) >= 11 is 13.9. The molecule has 0 aliphatic carbocycles. The molecular formula is C7H2BrCl2NO3. The summed E-state index contributed by atoms with van der Waals surface area (Å²) in [4.78, 5) is 20.6. The van der Waals surface area contributed by atoms with Gasteiger partial charge >= 0.3 is 0 Å². The molecule has 14 heavy (non-hydrogen) atoms. The summed E-state index contributed by atoms with van der Waals surface area (Å²) in [6.07, 6.45) is 0. The predicted octanol–water partition coefficient (Wildman–Crippen LogP) is 3.39. The van der Waals surface area contributed by atoms with Crippen LogP contribution in [0.5, 0.6) is 0 Å². The molecule has 4 nitrogen and oxygen atoms in total. The fourth-order valence-electron chi connectivity index (χ4n) is 0.823. The number of non-ortho nitro benzene ring substituents is 1. The lowest BCUT2D eigenvalue weighted by Gasteiger charge is -2.00. The van der Waals surface area contributed by atoms with Crippen molar-refractivity contribution in [1.29, 1.82) is 0 Å². The van der Waals surface area contributed by atoms with E-state index in [1.807, 2.05) is 0 Å². The molecule has 7 heteroatoms. The molecule has 0 unspecified atom stereocenters. The van der Waals surface area contributed by atoms with Gasteiger partial charge in [-0.05, 0) is 27.5 Å². The van der Waals surface area contributed by atoms with Crippen LogP contribution in [0.2, 0.25) is 5.02 Å². The summed E-state index contributed by atoms with van der Waals surface area (Å²) in [7, 11) is 0. The molecule has 0 saturated carbocycles. The summed E-state index contributed by atoms with van der Waals surface area (Å²) in [5.74, 6) is 0. The van der Waals surface area contributed by atoms with Crippen LogP contribution >= 0.6 is 39.1 Å². The number of hydrogen-bond acceptors (Lipinski definition) is 3. The molecule has 0 atom stereocenters. The minimum atomic E-state index is -0.834. The SMILES string of the molecule is O=C(Cl)c1cc([N+](=O)[O-])cc(Br)c1Cl. The lowest BCUT2D eigenvalue weighted by molar-refractivity contribution is -0.384. The minimum absolute atomic E-state index is 0.0654. The Kier molecular flexibility index (Phi) is 3.47. The maximum absolute atomic E-state index is 10.8. The molecule has 74 valence electrons. The van der Waals surface area contributed by atoms with E-state index in [-0.39, 0.29) is 20.7 Å². The van der Waals surface area contributed by atoms with Crippen molar-refractivity contribution >= 4 is 50.1 Å². The summed E-state index contributed by atoms with van der Waals surface area (Å²) < 4.78 is 0.261. The van der Waals surface area contributed by atoms with Gasteiger partial charge in [-0.3, -0.25) is 14.9 Å². The number of nitro benzene ring substituents is 1. The number of hydrogen-bond donors (Lipinski definition) is 0. The zero-order valence-corrected chi connectivity index (χ0v) is 9.56. The average molecular weight is 299 g/mol. The van der Waals surface area contributed by atoms with Gasteiger partial charge in [-0.2, -0.15) is 0 Å². The molecule has 0 aromatic heterocycles.